The average molecular weight is 466 g/mol. The van der Waals surface area contributed by atoms with Crippen LogP contribution in [-0.2, 0) is 41.8 Å². The van der Waals surface area contributed by atoms with Crippen LogP contribution in [0.25, 0.3) is 0 Å². The minimum atomic E-state index is -4.37. The van der Waals surface area contributed by atoms with Gasteiger partial charge in [0.25, 0.3) is 0 Å². The van der Waals surface area contributed by atoms with Crippen LogP contribution in [0.4, 0.5) is 13.2 Å². The highest BCUT2D eigenvalue weighted by Gasteiger charge is 2.32. The van der Waals surface area contributed by atoms with Crippen molar-refractivity contribution in [1.82, 2.24) is 4.90 Å². The Kier molecular flexibility index (Phi) is 6.43. The molecule has 7 heteroatoms. The van der Waals surface area contributed by atoms with E-state index in [0.29, 0.717) is 30.5 Å². The molecular weight excluding hydrogens is 435 g/mol. The van der Waals surface area contributed by atoms with Crippen LogP contribution >= 0.6 is 0 Å². The lowest BCUT2D eigenvalue weighted by atomic mass is 9.97. The van der Waals surface area contributed by atoms with Gasteiger partial charge in [-0.1, -0.05) is 24.3 Å². The number of benzene rings is 2. The summed E-state index contributed by atoms with van der Waals surface area (Å²) in [6, 6.07) is 10.4. The maximum absolute atomic E-state index is 13.5. The molecule has 174 valence electrons. The van der Waals surface area contributed by atoms with Crippen molar-refractivity contribution in [1.29, 1.82) is 0 Å². The van der Waals surface area contributed by atoms with Gasteiger partial charge in [0.2, 0.25) is 0 Å². The highest BCUT2D eigenvalue weighted by molar-refractivity contribution is 7.91. The van der Waals surface area contributed by atoms with Crippen molar-refractivity contribution < 1.29 is 21.6 Å². The van der Waals surface area contributed by atoms with Gasteiger partial charge in [-0.25, -0.2) is 8.42 Å². The van der Waals surface area contributed by atoms with Gasteiger partial charge in [0, 0.05) is 6.54 Å². The van der Waals surface area contributed by atoms with E-state index in [0.717, 1.165) is 42.6 Å². The number of rotatable bonds is 7. The first-order chi connectivity index (χ1) is 15.0. The maximum atomic E-state index is 13.5. The lowest BCUT2D eigenvalue weighted by molar-refractivity contribution is -0.137. The number of hydrogen-bond acceptors (Lipinski definition) is 3. The lowest BCUT2D eigenvalue weighted by Crippen LogP contribution is -2.36. The normalized spacial score (nSPS) is 19.2. The van der Waals surface area contributed by atoms with Crippen molar-refractivity contribution in [3.63, 3.8) is 0 Å². The Bertz CT molecular complexity index is 1090. The minimum Gasteiger partial charge on any atom is -0.299 e. The molecule has 2 aromatic carbocycles. The van der Waals surface area contributed by atoms with E-state index in [-0.39, 0.29) is 16.9 Å². The van der Waals surface area contributed by atoms with Crippen LogP contribution in [0.5, 0.6) is 0 Å². The number of sulfone groups is 1. The molecule has 4 rings (SSSR count). The molecular formula is C25H30F3NO2S. The smallest absolute Gasteiger partial charge is 0.299 e. The second kappa shape index (κ2) is 8.82. The maximum Gasteiger partial charge on any atom is 0.416 e. The topological polar surface area (TPSA) is 37.4 Å². The van der Waals surface area contributed by atoms with E-state index in [1.165, 1.54) is 12.1 Å². The zero-order chi connectivity index (χ0) is 23.1. The van der Waals surface area contributed by atoms with Crippen LogP contribution in [0.15, 0.2) is 36.4 Å². The molecule has 0 N–H and O–H groups in total. The molecule has 1 aliphatic carbocycles. The molecule has 1 heterocycles. The Balaban J connectivity index is 1.52. The van der Waals surface area contributed by atoms with Crippen molar-refractivity contribution in [2.24, 2.45) is 5.92 Å². The molecule has 0 amide bonds. The summed E-state index contributed by atoms with van der Waals surface area (Å²) in [5, 5.41) is -0.381. The van der Waals surface area contributed by atoms with Crippen LogP contribution in [-0.4, -0.2) is 37.4 Å². The predicted octanol–water partition coefficient (Wildman–Crippen LogP) is 5.04. The summed E-state index contributed by atoms with van der Waals surface area (Å²) in [5.74, 6) is 0.256. The van der Waals surface area contributed by atoms with Crippen LogP contribution in [0.2, 0.25) is 0 Å². The predicted molar refractivity (Wildman–Crippen MR) is 120 cm³/mol. The largest absolute Gasteiger partial charge is 0.416 e. The monoisotopic (exact) mass is 465 g/mol. The first kappa shape index (κ1) is 23.3. The summed E-state index contributed by atoms with van der Waals surface area (Å²) in [6.07, 6.45) is -1.39. The van der Waals surface area contributed by atoms with Crippen molar-refractivity contribution in [2.45, 2.75) is 57.5 Å². The van der Waals surface area contributed by atoms with Crippen molar-refractivity contribution in [3.05, 3.63) is 69.8 Å². The van der Waals surface area contributed by atoms with Crippen molar-refractivity contribution >= 4 is 9.84 Å². The van der Waals surface area contributed by atoms with E-state index < -0.39 is 21.6 Å². The number of fused-ring (bicyclic) bond motifs is 1. The quantitative estimate of drug-likeness (QED) is 0.575. The summed E-state index contributed by atoms with van der Waals surface area (Å²) < 4.78 is 65.0. The lowest BCUT2D eigenvalue weighted by Gasteiger charge is -2.31. The Morgan fingerprint density at radius 1 is 0.969 bits per heavy atom. The zero-order valence-corrected chi connectivity index (χ0v) is 19.4. The van der Waals surface area contributed by atoms with Gasteiger partial charge in [-0.15, -0.1) is 0 Å². The highest BCUT2D eigenvalue weighted by Crippen LogP contribution is 2.33. The molecule has 2 aromatic rings. The van der Waals surface area contributed by atoms with E-state index in [2.05, 4.69) is 4.90 Å². The molecule has 0 spiro atoms. The van der Waals surface area contributed by atoms with Gasteiger partial charge in [-0.2, -0.15) is 13.2 Å². The molecule has 1 atom stereocenters. The highest BCUT2D eigenvalue weighted by atomic mass is 32.2. The molecule has 1 fully saturated rings. The van der Waals surface area contributed by atoms with Crippen LogP contribution in [0.1, 0.15) is 53.6 Å². The molecule has 2 aliphatic rings. The fraction of sp³-hybridized carbons (Fsp3) is 0.520. The number of alkyl halides is 3. The van der Waals surface area contributed by atoms with Gasteiger partial charge in [-0.05, 0) is 98.5 Å². The number of likely N-dealkylation sites (tertiary alicyclic amines) is 1. The standard InChI is InChI=1S/C25H30F3NO2S/c1-17(2)32(30,31)16-21-11-22-5-4-18(10-23(22)12-21)8-19-9-20(15-29-6-3-7-29)14-24(13-19)25(26,27)28/h4-5,9-10,13-14,17,21H,3,6-8,11-12,15-16H2,1-2H3/t21-/m0/s1. The fourth-order valence-corrected chi connectivity index (χ4v) is 5.94. The van der Waals surface area contributed by atoms with Crippen LogP contribution in [0, 0.1) is 5.92 Å². The van der Waals surface area contributed by atoms with E-state index in [1.807, 2.05) is 24.3 Å². The van der Waals surface area contributed by atoms with Gasteiger partial charge >= 0.3 is 6.18 Å². The molecule has 1 saturated heterocycles. The molecule has 0 unspecified atom stereocenters. The Morgan fingerprint density at radius 3 is 2.28 bits per heavy atom. The molecule has 3 nitrogen and oxygen atoms in total. The van der Waals surface area contributed by atoms with Crippen molar-refractivity contribution in [2.75, 3.05) is 18.8 Å². The van der Waals surface area contributed by atoms with Gasteiger partial charge in [0.1, 0.15) is 0 Å². The molecule has 0 bridgehead atoms. The summed E-state index contributed by atoms with van der Waals surface area (Å²) in [4.78, 5) is 2.15. The third kappa shape index (κ3) is 5.37. The molecule has 1 aliphatic heterocycles. The number of halogens is 3. The fourth-order valence-electron chi connectivity index (χ4n) is 4.66. The van der Waals surface area contributed by atoms with Crippen LogP contribution in [0.3, 0.4) is 0 Å². The molecule has 0 radical (unpaired) electrons. The Labute approximate surface area is 188 Å². The number of nitrogens with zero attached hydrogens (tertiary/aromatic N) is 1. The summed E-state index contributed by atoms with van der Waals surface area (Å²) in [6.45, 7) is 5.84. The van der Waals surface area contributed by atoms with E-state index in [9.17, 15) is 21.6 Å². The van der Waals surface area contributed by atoms with Crippen molar-refractivity contribution in [3.8, 4) is 0 Å². The summed E-state index contributed by atoms with van der Waals surface area (Å²) in [7, 11) is -3.10. The summed E-state index contributed by atoms with van der Waals surface area (Å²) in [5.41, 5.74) is 4.01. The molecule has 32 heavy (non-hydrogen) atoms. The SMILES string of the molecule is CC(C)S(=O)(=O)C[C@H]1Cc2ccc(Cc3cc(CN4CCC4)cc(C(F)(F)F)c3)cc2C1. The van der Waals surface area contributed by atoms with Gasteiger partial charge < -0.3 is 0 Å². The summed E-state index contributed by atoms with van der Waals surface area (Å²) >= 11 is 0. The molecule has 0 saturated carbocycles. The Morgan fingerprint density at radius 2 is 1.66 bits per heavy atom. The third-order valence-electron chi connectivity index (χ3n) is 6.62. The molecule has 0 aromatic heterocycles. The van der Waals surface area contributed by atoms with Gasteiger partial charge in [0.15, 0.2) is 9.84 Å². The second-order valence-electron chi connectivity index (χ2n) is 9.60. The third-order valence-corrected chi connectivity index (χ3v) is 8.99. The number of hydrogen-bond donors (Lipinski definition) is 0. The first-order valence-electron chi connectivity index (χ1n) is 11.2. The average Bonchev–Trinajstić information content (AvgIpc) is 3.04. The van der Waals surface area contributed by atoms with E-state index >= 15 is 0 Å². The van der Waals surface area contributed by atoms with Gasteiger partial charge in [-0.3, -0.25) is 4.90 Å². The second-order valence-corrected chi connectivity index (χ2v) is 12.2. The minimum absolute atomic E-state index is 0.0735. The van der Waals surface area contributed by atoms with Crippen LogP contribution < -0.4 is 0 Å². The first-order valence-corrected chi connectivity index (χ1v) is 13.0. The van der Waals surface area contributed by atoms with E-state index in [1.54, 1.807) is 13.8 Å². The van der Waals surface area contributed by atoms with E-state index in [4.69, 9.17) is 0 Å². The van der Waals surface area contributed by atoms with Gasteiger partial charge in [0.05, 0.1) is 16.6 Å². The Hall–Kier alpha value is -1.86. The zero-order valence-electron chi connectivity index (χ0n) is 18.6.